The number of aromatic carboxylic acids is 1. The minimum absolute atomic E-state index is 0.0295. The molecule has 0 aliphatic carbocycles. The lowest BCUT2D eigenvalue weighted by molar-refractivity contribution is -0.142. The smallest absolute Gasteiger partial charge is 0.335 e. The summed E-state index contributed by atoms with van der Waals surface area (Å²) in [6.07, 6.45) is 0.179. The lowest BCUT2D eigenvalue weighted by atomic mass is 9.93. The van der Waals surface area contributed by atoms with Gasteiger partial charge in [0.1, 0.15) is 11.9 Å². The van der Waals surface area contributed by atoms with Crippen LogP contribution < -0.4 is 4.74 Å². The molecule has 1 aliphatic heterocycles. The van der Waals surface area contributed by atoms with Gasteiger partial charge >= 0.3 is 5.97 Å². The van der Waals surface area contributed by atoms with Gasteiger partial charge in [-0.05, 0) is 42.7 Å². The molecule has 148 valence electrons. The number of hydrogen-bond acceptors (Lipinski definition) is 4. The number of carboxylic acids is 1. The van der Waals surface area contributed by atoms with E-state index < -0.39 is 12.1 Å². The molecule has 1 heterocycles. The summed E-state index contributed by atoms with van der Waals surface area (Å²) in [6.45, 7) is 3.19. The van der Waals surface area contributed by atoms with Crippen LogP contribution in [0.15, 0.2) is 48.5 Å². The van der Waals surface area contributed by atoms with Crippen molar-refractivity contribution >= 4 is 11.9 Å². The van der Waals surface area contributed by atoms with Gasteiger partial charge < -0.3 is 19.5 Å². The first kappa shape index (κ1) is 19.9. The fourth-order valence-corrected chi connectivity index (χ4v) is 3.57. The van der Waals surface area contributed by atoms with Gasteiger partial charge in [-0.1, -0.05) is 30.3 Å². The molecule has 28 heavy (non-hydrogen) atoms. The molecule has 0 radical (unpaired) electrons. The first-order valence-electron chi connectivity index (χ1n) is 9.35. The summed E-state index contributed by atoms with van der Waals surface area (Å²) in [4.78, 5) is 26.0. The van der Waals surface area contributed by atoms with Crippen molar-refractivity contribution < 1.29 is 24.2 Å². The molecule has 1 N–H and O–H groups in total. The van der Waals surface area contributed by atoms with Crippen molar-refractivity contribution in [2.24, 2.45) is 0 Å². The molecule has 2 aromatic carbocycles. The van der Waals surface area contributed by atoms with Gasteiger partial charge in [0.05, 0.1) is 19.3 Å². The molecule has 1 amide bonds. The zero-order valence-electron chi connectivity index (χ0n) is 16.1. The van der Waals surface area contributed by atoms with Crippen molar-refractivity contribution in [3.05, 3.63) is 65.2 Å². The minimum atomic E-state index is -0.935. The number of nitrogens with zero attached hydrogens (tertiary/aromatic N) is 1. The summed E-state index contributed by atoms with van der Waals surface area (Å²) < 4.78 is 11.0. The Balaban J connectivity index is 1.59. The Kier molecular flexibility index (Phi) is 6.31. The minimum Gasteiger partial charge on any atom is -0.497 e. The van der Waals surface area contributed by atoms with Gasteiger partial charge in [0.15, 0.2) is 0 Å². The number of hydrogen-bond donors (Lipinski definition) is 1. The highest BCUT2D eigenvalue weighted by molar-refractivity contribution is 5.89. The van der Waals surface area contributed by atoms with E-state index in [1.807, 2.05) is 36.4 Å². The zero-order chi connectivity index (χ0) is 20.1. The summed E-state index contributed by atoms with van der Waals surface area (Å²) in [7, 11) is 1.61. The van der Waals surface area contributed by atoms with Crippen molar-refractivity contribution in [2.45, 2.75) is 32.0 Å². The third kappa shape index (κ3) is 4.51. The first-order chi connectivity index (χ1) is 13.5. The van der Waals surface area contributed by atoms with Crippen molar-refractivity contribution in [3.63, 3.8) is 0 Å². The molecule has 2 unspecified atom stereocenters. The normalized spacial score (nSPS) is 17.4. The topological polar surface area (TPSA) is 76.1 Å². The fourth-order valence-electron chi connectivity index (χ4n) is 3.57. The van der Waals surface area contributed by atoms with E-state index in [4.69, 9.17) is 9.47 Å². The number of ether oxygens (including phenoxy) is 2. The maximum Gasteiger partial charge on any atom is 0.335 e. The van der Waals surface area contributed by atoms with Gasteiger partial charge in [0.2, 0.25) is 0 Å². The Bertz CT molecular complexity index is 850. The van der Waals surface area contributed by atoms with Crippen LogP contribution in [0.3, 0.4) is 0 Å². The molecule has 0 saturated carbocycles. The lowest BCUT2D eigenvalue weighted by Crippen LogP contribution is -2.37. The van der Waals surface area contributed by atoms with Gasteiger partial charge in [-0.2, -0.15) is 0 Å². The molecule has 0 bridgehead atoms. The lowest BCUT2D eigenvalue weighted by Gasteiger charge is -2.22. The molecule has 3 rings (SSSR count). The van der Waals surface area contributed by atoms with Crippen LogP contribution in [0.5, 0.6) is 5.75 Å². The van der Waals surface area contributed by atoms with E-state index in [9.17, 15) is 14.7 Å². The highest BCUT2D eigenvalue weighted by Gasteiger charge is 2.31. The maximum absolute atomic E-state index is 12.7. The number of benzene rings is 2. The van der Waals surface area contributed by atoms with Crippen LogP contribution in [0, 0.1) is 0 Å². The Morgan fingerprint density at radius 3 is 2.75 bits per heavy atom. The molecule has 0 spiro atoms. The van der Waals surface area contributed by atoms with Crippen molar-refractivity contribution in [3.8, 4) is 5.75 Å². The van der Waals surface area contributed by atoms with E-state index in [1.54, 1.807) is 31.1 Å². The Morgan fingerprint density at radius 2 is 2.00 bits per heavy atom. The molecule has 2 atom stereocenters. The maximum atomic E-state index is 12.7. The second kappa shape index (κ2) is 8.89. The van der Waals surface area contributed by atoms with E-state index in [2.05, 4.69) is 0 Å². The van der Waals surface area contributed by atoms with Gasteiger partial charge in [0, 0.05) is 19.0 Å². The number of carbonyl (C=O) groups excluding carboxylic acids is 1. The van der Waals surface area contributed by atoms with Gasteiger partial charge in [0.25, 0.3) is 5.91 Å². The molecule has 2 aromatic rings. The largest absolute Gasteiger partial charge is 0.497 e. The number of amides is 1. The summed E-state index contributed by atoms with van der Waals surface area (Å²) in [5.41, 5.74) is 2.04. The molecular weight excluding hydrogens is 358 g/mol. The van der Waals surface area contributed by atoms with Crippen molar-refractivity contribution in [1.82, 2.24) is 4.90 Å². The molecule has 6 nitrogen and oxygen atoms in total. The number of carboxylic acid groups (broad SMARTS) is 1. The average molecular weight is 383 g/mol. The Hall–Kier alpha value is -2.86. The summed E-state index contributed by atoms with van der Waals surface area (Å²) in [5, 5.41) is 9.40. The van der Waals surface area contributed by atoms with Gasteiger partial charge in [-0.3, -0.25) is 4.79 Å². The first-order valence-corrected chi connectivity index (χ1v) is 9.35. The van der Waals surface area contributed by atoms with E-state index in [-0.39, 0.29) is 11.8 Å². The van der Waals surface area contributed by atoms with Crippen LogP contribution in [0.4, 0.5) is 0 Å². The highest BCUT2D eigenvalue weighted by atomic mass is 16.5. The van der Waals surface area contributed by atoms with E-state index in [0.29, 0.717) is 25.3 Å². The van der Waals surface area contributed by atoms with Crippen LogP contribution in [-0.4, -0.2) is 48.2 Å². The van der Waals surface area contributed by atoms with Crippen LogP contribution in [-0.2, 0) is 16.1 Å². The third-order valence-corrected chi connectivity index (χ3v) is 5.11. The monoisotopic (exact) mass is 383 g/mol. The molecule has 1 aliphatic rings. The quantitative estimate of drug-likeness (QED) is 0.794. The van der Waals surface area contributed by atoms with Crippen LogP contribution in [0.1, 0.15) is 40.7 Å². The number of carbonyl (C=O) groups is 2. The summed E-state index contributed by atoms with van der Waals surface area (Å²) in [6, 6.07) is 14.6. The second-order valence-electron chi connectivity index (χ2n) is 6.97. The molecule has 1 fully saturated rings. The summed E-state index contributed by atoms with van der Waals surface area (Å²) >= 11 is 0. The number of rotatable bonds is 7. The standard InChI is InChI=1S/C22H25NO5/c1-15(28-14-16-6-5-7-18(12-16)27-2)21(24)23-11-10-17(13-23)19-8-3-4-9-20(19)22(25)26/h3-9,12,15,17H,10-11,13-14H2,1-2H3,(H,25,26). The Morgan fingerprint density at radius 1 is 1.21 bits per heavy atom. The predicted octanol–water partition coefficient (Wildman–Crippen LogP) is 3.31. The van der Waals surface area contributed by atoms with E-state index >= 15 is 0 Å². The summed E-state index contributed by atoms with van der Waals surface area (Å²) in [5.74, 6) is -0.227. The number of methoxy groups -OCH3 is 1. The highest BCUT2D eigenvalue weighted by Crippen LogP contribution is 2.30. The second-order valence-corrected chi connectivity index (χ2v) is 6.97. The molecule has 6 heteroatoms. The molecule has 0 aromatic heterocycles. The zero-order valence-corrected chi connectivity index (χ0v) is 16.1. The Labute approximate surface area is 164 Å². The average Bonchev–Trinajstić information content (AvgIpc) is 3.21. The van der Waals surface area contributed by atoms with Crippen LogP contribution in [0.25, 0.3) is 0 Å². The fraction of sp³-hybridized carbons (Fsp3) is 0.364. The third-order valence-electron chi connectivity index (χ3n) is 5.11. The molecule has 1 saturated heterocycles. The van der Waals surface area contributed by atoms with Crippen LogP contribution in [0.2, 0.25) is 0 Å². The van der Waals surface area contributed by atoms with Gasteiger partial charge in [-0.25, -0.2) is 4.79 Å². The van der Waals surface area contributed by atoms with Crippen LogP contribution >= 0.6 is 0 Å². The van der Waals surface area contributed by atoms with Gasteiger partial charge in [-0.15, -0.1) is 0 Å². The number of likely N-dealkylation sites (tertiary alicyclic amines) is 1. The van der Waals surface area contributed by atoms with Crippen molar-refractivity contribution in [2.75, 3.05) is 20.2 Å². The predicted molar refractivity (Wildman–Crippen MR) is 105 cm³/mol. The van der Waals surface area contributed by atoms with Crippen molar-refractivity contribution in [1.29, 1.82) is 0 Å². The van der Waals surface area contributed by atoms with E-state index in [1.165, 1.54) is 0 Å². The van der Waals surface area contributed by atoms with E-state index in [0.717, 1.165) is 23.3 Å². The SMILES string of the molecule is COc1cccc(COC(C)C(=O)N2CCC(c3ccccc3C(=O)O)C2)c1. The molecular formula is C22H25NO5.